The van der Waals surface area contributed by atoms with Gasteiger partial charge in [-0.2, -0.15) is 0 Å². The van der Waals surface area contributed by atoms with E-state index in [2.05, 4.69) is 54.9 Å². The van der Waals surface area contributed by atoms with Crippen LogP contribution in [0.15, 0.2) is 24.3 Å². The lowest BCUT2D eigenvalue weighted by Crippen LogP contribution is -2.46. The molecule has 1 aromatic carbocycles. The van der Waals surface area contributed by atoms with Crippen molar-refractivity contribution >= 4 is 28.6 Å². The number of piperazine rings is 1. The van der Waals surface area contributed by atoms with Gasteiger partial charge in [-0.25, -0.2) is 0 Å². The highest BCUT2D eigenvalue weighted by molar-refractivity contribution is 7.14. The molecule has 0 radical (unpaired) electrons. The Morgan fingerprint density at radius 2 is 1.81 bits per heavy atom. The number of anilines is 2. The molecular weight excluding hydrogens is 342 g/mol. The first-order chi connectivity index (χ1) is 12.5. The van der Waals surface area contributed by atoms with Crippen LogP contribution in [0.25, 0.3) is 0 Å². The van der Waals surface area contributed by atoms with Crippen LogP contribution in [0.2, 0.25) is 0 Å². The van der Waals surface area contributed by atoms with E-state index in [1.54, 1.807) is 11.3 Å². The molecule has 1 aliphatic rings. The van der Waals surface area contributed by atoms with Gasteiger partial charge in [0, 0.05) is 42.4 Å². The first kappa shape index (κ1) is 18.9. The minimum absolute atomic E-state index is 0.0125. The number of carbonyl (C=O) groups is 1. The smallest absolute Gasteiger partial charge is 0.265 e. The van der Waals surface area contributed by atoms with E-state index in [9.17, 15) is 4.79 Å². The largest absolute Gasteiger partial charge is 0.369 e. The SMILES string of the molecule is CCc1sc(C(=O)Nc2ccc(N3CCN(CC)CC3)c(C)c2)cc1C. The lowest BCUT2D eigenvalue weighted by molar-refractivity contribution is 0.103. The number of amides is 1. The Bertz CT molecular complexity index is 776. The van der Waals surface area contributed by atoms with Crippen LogP contribution in [0.4, 0.5) is 11.4 Å². The maximum absolute atomic E-state index is 12.5. The summed E-state index contributed by atoms with van der Waals surface area (Å²) in [6, 6.07) is 8.24. The van der Waals surface area contributed by atoms with E-state index in [0.29, 0.717) is 0 Å². The molecule has 0 bridgehead atoms. The summed E-state index contributed by atoms with van der Waals surface area (Å²) in [5.74, 6) is -0.0125. The summed E-state index contributed by atoms with van der Waals surface area (Å²) in [6.07, 6.45) is 0.975. The second kappa shape index (κ2) is 8.23. The summed E-state index contributed by atoms with van der Waals surface area (Å²) < 4.78 is 0. The lowest BCUT2D eigenvalue weighted by atomic mass is 10.1. The molecule has 1 fully saturated rings. The van der Waals surface area contributed by atoms with Crippen LogP contribution < -0.4 is 10.2 Å². The minimum atomic E-state index is -0.0125. The summed E-state index contributed by atoms with van der Waals surface area (Å²) in [7, 11) is 0. The summed E-state index contributed by atoms with van der Waals surface area (Å²) in [6.45, 7) is 14.0. The molecule has 26 heavy (non-hydrogen) atoms. The molecule has 3 rings (SSSR count). The van der Waals surface area contributed by atoms with Crippen LogP contribution in [0.5, 0.6) is 0 Å². The molecule has 1 N–H and O–H groups in total. The first-order valence-electron chi connectivity index (χ1n) is 9.50. The average Bonchev–Trinajstić information content (AvgIpc) is 3.03. The zero-order chi connectivity index (χ0) is 18.7. The van der Waals surface area contributed by atoms with Gasteiger partial charge in [0.05, 0.1) is 4.88 Å². The van der Waals surface area contributed by atoms with Gasteiger partial charge < -0.3 is 15.1 Å². The topological polar surface area (TPSA) is 35.6 Å². The third kappa shape index (κ3) is 4.10. The van der Waals surface area contributed by atoms with Crippen LogP contribution in [0.1, 0.15) is 39.5 Å². The number of nitrogens with one attached hydrogen (secondary N) is 1. The zero-order valence-corrected chi connectivity index (χ0v) is 17.1. The number of hydrogen-bond acceptors (Lipinski definition) is 4. The Morgan fingerprint density at radius 3 is 2.38 bits per heavy atom. The van der Waals surface area contributed by atoms with Crippen molar-refractivity contribution in [3.8, 4) is 0 Å². The van der Waals surface area contributed by atoms with Gasteiger partial charge in [0.25, 0.3) is 5.91 Å². The highest BCUT2D eigenvalue weighted by Crippen LogP contribution is 2.27. The van der Waals surface area contributed by atoms with Gasteiger partial charge in [-0.15, -0.1) is 11.3 Å². The summed E-state index contributed by atoms with van der Waals surface area (Å²) >= 11 is 1.59. The second-order valence-electron chi connectivity index (χ2n) is 6.95. The predicted octanol–water partition coefficient (Wildman–Crippen LogP) is 4.32. The molecule has 0 saturated carbocycles. The van der Waals surface area contributed by atoms with E-state index in [-0.39, 0.29) is 5.91 Å². The molecule has 4 nitrogen and oxygen atoms in total. The number of hydrogen-bond donors (Lipinski definition) is 1. The Labute approximate surface area is 160 Å². The molecule has 0 atom stereocenters. The number of nitrogens with zero attached hydrogens (tertiary/aromatic N) is 2. The van der Waals surface area contributed by atoms with E-state index >= 15 is 0 Å². The quantitative estimate of drug-likeness (QED) is 0.850. The van der Waals surface area contributed by atoms with Crippen molar-refractivity contribution in [1.82, 2.24) is 4.90 Å². The summed E-state index contributed by atoms with van der Waals surface area (Å²) in [5.41, 5.74) is 4.57. The molecule has 0 aliphatic carbocycles. The van der Waals surface area contributed by atoms with Gasteiger partial charge in [0.1, 0.15) is 0 Å². The average molecular weight is 372 g/mol. The second-order valence-corrected chi connectivity index (χ2v) is 8.08. The molecule has 1 amide bonds. The molecule has 0 spiro atoms. The van der Waals surface area contributed by atoms with E-state index in [1.807, 2.05) is 12.1 Å². The molecule has 1 saturated heterocycles. The molecule has 2 aromatic rings. The number of benzene rings is 1. The van der Waals surface area contributed by atoms with Crippen molar-refractivity contribution in [2.45, 2.75) is 34.1 Å². The Hall–Kier alpha value is -1.85. The van der Waals surface area contributed by atoms with Gasteiger partial charge in [-0.05, 0) is 62.2 Å². The van der Waals surface area contributed by atoms with Gasteiger partial charge in [-0.1, -0.05) is 13.8 Å². The lowest BCUT2D eigenvalue weighted by Gasteiger charge is -2.36. The van der Waals surface area contributed by atoms with Crippen molar-refractivity contribution in [2.75, 3.05) is 42.9 Å². The highest BCUT2D eigenvalue weighted by atomic mass is 32.1. The van der Waals surface area contributed by atoms with Gasteiger partial charge in [0.15, 0.2) is 0 Å². The van der Waals surface area contributed by atoms with Gasteiger partial charge in [-0.3, -0.25) is 4.79 Å². The molecule has 1 aromatic heterocycles. The fraction of sp³-hybridized carbons (Fsp3) is 0.476. The van der Waals surface area contributed by atoms with Crippen molar-refractivity contribution in [3.05, 3.63) is 45.1 Å². The number of aryl methyl sites for hydroxylation is 3. The van der Waals surface area contributed by atoms with Crippen LogP contribution in [-0.4, -0.2) is 43.5 Å². The number of rotatable bonds is 5. The summed E-state index contributed by atoms with van der Waals surface area (Å²) in [4.78, 5) is 19.5. The maximum Gasteiger partial charge on any atom is 0.265 e. The van der Waals surface area contributed by atoms with Crippen molar-refractivity contribution in [3.63, 3.8) is 0 Å². The fourth-order valence-corrected chi connectivity index (χ4v) is 4.58. The predicted molar refractivity (Wildman–Crippen MR) is 112 cm³/mol. The standard InChI is InChI=1S/C21H29N3OS/c1-5-19-16(4)14-20(26-19)21(25)22-17-7-8-18(15(3)13-17)24-11-9-23(6-2)10-12-24/h7-8,13-14H,5-6,9-12H2,1-4H3,(H,22,25). The fourth-order valence-electron chi connectivity index (χ4n) is 3.57. The number of likely N-dealkylation sites (N-methyl/N-ethyl adjacent to an activating group) is 1. The van der Waals surface area contributed by atoms with Crippen molar-refractivity contribution in [1.29, 1.82) is 0 Å². The normalized spacial score (nSPS) is 15.3. The summed E-state index contributed by atoms with van der Waals surface area (Å²) in [5, 5.41) is 3.05. The van der Waals surface area contributed by atoms with Gasteiger partial charge in [0.2, 0.25) is 0 Å². The third-order valence-electron chi connectivity index (χ3n) is 5.18. The molecule has 1 aliphatic heterocycles. The molecule has 0 unspecified atom stereocenters. The van der Waals surface area contributed by atoms with E-state index in [0.717, 1.165) is 49.7 Å². The third-order valence-corrected chi connectivity index (χ3v) is 6.56. The molecule has 140 valence electrons. The Kier molecular flexibility index (Phi) is 5.99. The maximum atomic E-state index is 12.5. The number of thiophene rings is 1. The monoisotopic (exact) mass is 371 g/mol. The Morgan fingerprint density at radius 1 is 1.08 bits per heavy atom. The van der Waals surface area contributed by atoms with Gasteiger partial charge >= 0.3 is 0 Å². The van der Waals surface area contributed by atoms with Crippen LogP contribution >= 0.6 is 11.3 Å². The molecule has 2 heterocycles. The molecular formula is C21H29N3OS. The first-order valence-corrected chi connectivity index (χ1v) is 10.3. The van der Waals surface area contributed by atoms with Crippen LogP contribution in [0.3, 0.4) is 0 Å². The highest BCUT2D eigenvalue weighted by Gasteiger charge is 2.18. The van der Waals surface area contributed by atoms with Crippen molar-refractivity contribution < 1.29 is 4.79 Å². The zero-order valence-electron chi connectivity index (χ0n) is 16.3. The Balaban J connectivity index is 1.68. The molecule has 5 heteroatoms. The van der Waals surface area contributed by atoms with E-state index in [4.69, 9.17) is 0 Å². The minimum Gasteiger partial charge on any atom is -0.369 e. The van der Waals surface area contributed by atoms with E-state index < -0.39 is 0 Å². The number of carbonyl (C=O) groups excluding carboxylic acids is 1. The van der Waals surface area contributed by atoms with E-state index in [1.165, 1.54) is 21.7 Å². The van der Waals surface area contributed by atoms with Crippen LogP contribution in [-0.2, 0) is 6.42 Å². The van der Waals surface area contributed by atoms with Crippen LogP contribution in [0, 0.1) is 13.8 Å². The van der Waals surface area contributed by atoms with Crippen molar-refractivity contribution in [2.24, 2.45) is 0 Å².